The van der Waals surface area contributed by atoms with Gasteiger partial charge >= 0.3 is 0 Å². The molecular formula is C20H28FN5O3. The molecule has 2 heterocycles. The number of carbonyl (C=O) groups is 1. The fraction of sp³-hybridized carbons (Fsp3) is 0.550. The monoisotopic (exact) mass is 405 g/mol. The van der Waals surface area contributed by atoms with Gasteiger partial charge < -0.3 is 15.0 Å². The van der Waals surface area contributed by atoms with Gasteiger partial charge in [0.25, 0.3) is 0 Å². The number of nitrogens with two attached hydrogens (primary N) is 1. The number of ether oxygens (including phenoxy) is 1. The smallest absolute Gasteiger partial charge is 0.240 e. The molecule has 1 saturated heterocycles. The Labute approximate surface area is 169 Å². The largest absolute Gasteiger partial charge is 0.371 e. The first-order valence-corrected chi connectivity index (χ1v) is 9.93. The Bertz CT molecular complexity index is 798. The predicted molar refractivity (Wildman–Crippen MR) is 104 cm³/mol. The fourth-order valence-electron chi connectivity index (χ4n) is 3.62. The van der Waals surface area contributed by atoms with Crippen molar-refractivity contribution in [3.05, 3.63) is 47.4 Å². The molecule has 0 saturated carbocycles. The highest BCUT2D eigenvalue weighted by Gasteiger charge is 2.28. The Morgan fingerprint density at radius 1 is 1.28 bits per heavy atom. The summed E-state index contributed by atoms with van der Waals surface area (Å²) in [6.45, 7) is 7.87. The van der Waals surface area contributed by atoms with Crippen LogP contribution in [0.15, 0.2) is 28.8 Å². The van der Waals surface area contributed by atoms with Gasteiger partial charge in [-0.3, -0.25) is 14.6 Å². The molecule has 0 unspecified atom stereocenters. The minimum Gasteiger partial charge on any atom is -0.371 e. The van der Waals surface area contributed by atoms with E-state index in [0.29, 0.717) is 37.0 Å². The third-order valence-electron chi connectivity index (χ3n) is 5.07. The maximum Gasteiger partial charge on any atom is 0.240 e. The molecule has 2 N–H and O–H groups in total. The minimum absolute atomic E-state index is 0.204. The van der Waals surface area contributed by atoms with E-state index in [2.05, 4.69) is 15.0 Å². The number of hydrogen-bond donors (Lipinski definition) is 1. The zero-order valence-electron chi connectivity index (χ0n) is 16.9. The topological polar surface area (TPSA) is 97.7 Å². The van der Waals surface area contributed by atoms with Gasteiger partial charge in [-0.15, -0.1) is 0 Å². The van der Waals surface area contributed by atoms with Gasteiger partial charge in [0.2, 0.25) is 11.8 Å². The van der Waals surface area contributed by atoms with E-state index in [4.69, 9.17) is 15.0 Å². The van der Waals surface area contributed by atoms with Crippen LogP contribution in [-0.2, 0) is 16.1 Å². The zero-order chi connectivity index (χ0) is 20.8. The predicted octanol–water partition coefficient (Wildman–Crippen LogP) is 2.04. The van der Waals surface area contributed by atoms with Crippen LogP contribution in [0.1, 0.15) is 49.7 Å². The maximum absolute atomic E-state index is 13.2. The molecule has 2 aromatic rings. The Morgan fingerprint density at radius 2 is 2.03 bits per heavy atom. The lowest BCUT2D eigenvalue weighted by Crippen LogP contribution is -2.40. The van der Waals surface area contributed by atoms with Gasteiger partial charge in [-0.25, -0.2) is 4.39 Å². The van der Waals surface area contributed by atoms with Crippen LogP contribution >= 0.6 is 0 Å². The Hall–Kier alpha value is -2.36. The van der Waals surface area contributed by atoms with E-state index in [1.54, 1.807) is 12.1 Å². The normalized spacial score (nSPS) is 18.3. The minimum atomic E-state index is -0.572. The first kappa shape index (κ1) is 21.4. The summed E-state index contributed by atoms with van der Waals surface area (Å²) in [5.74, 6) is 0.321. The molecule has 0 aliphatic carbocycles. The fourth-order valence-corrected chi connectivity index (χ4v) is 3.62. The molecule has 1 aliphatic rings. The molecule has 1 aromatic heterocycles. The molecule has 29 heavy (non-hydrogen) atoms. The standard InChI is InChI=1S/C20H28FN5O3/c1-3-28-14(2)20-23-17(29-24-20)13-25-9-4-10-26(12-11-25)18(19(22)27)15-5-7-16(21)8-6-15/h5-8,14,18H,3-4,9-13H2,1-2H3,(H2,22,27)/t14-,18-/m0/s1. The van der Waals surface area contributed by atoms with Crippen molar-refractivity contribution in [2.45, 2.75) is 39.0 Å². The first-order chi connectivity index (χ1) is 14.0. The lowest BCUT2D eigenvalue weighted by atomic mass is 10.0. The SMILES string of the molecule is CCO[C@@H](C)c1noc(CN2CCCN([C@H](C(N)=O)c3ccc(F)cc3)CC2)n1. The molecule has 158 valence electrons. The summed E-state index contributed by atoms with van der Waals surface area (Å²) < 4.78 is 24.1. The van der Waals surface area contributed by atoms with Crippen LogP contribution in [-0.4, -0.2) is 58.6 Å². The van der Waals surface area contributed by atoms with E-state index >= 15 is 0 Å². The van der Waals surface area contributed by atoms with Gasteiger partial charge in [0.15, 0.2) is 5.82 Å². The van der Waals surface area contributed by atoms with Crippen molar-refractivity contribution < 1.29 is 18.4 Å². The Morgan fingerprint density at radius 3 is 2.72 bits per heavy atom. The van der Waals surface area contributed by atoms with E-state index in [-0.39, 0.29) is 11.9 Å². The average molecular weight is 405 g/mol. The molecular weight excluding hydrogens is 377 g/mol. The highest BCUT2D eigenvalue weighted by Crippen LogP contribution is 2.23. The number of nitrogens with zero attached hydrogens (tertiary/aromatic N) is 4. The van der Waals surface area contributed by atoms with Gasteiger partial charge in [-0.1, -0.05) is 17.3 Å². The third-order valence-corrected chi connectivity index (χ3v) is 5.07. The van der Waals surface area contributed by atoms with Crippen molar-refractivity contribution in [1.29, 1.82) is 0 Å². The van der Waals surface area contributed by atoms with Gasteiger partial charge in [0.05, 0.1) is 6.54 Å². The van der Waals surface area contributed by atoms with Gasteiger partial charge in [0.1, 0.15) is 18.0 Å². The van der Waals surface area contributed by atoms with Crippen molar-refractivity contribution in [2.75, 3.05) is 32.8 Å². The summed E-state index contributed by atoms with van der Waals surface area (Å²) in [4.78, 5) is 20.8. The van der Waals surface area contributed by atoms with E-state index in [1.165, 1.54) is 12.1 Å². The van der Waals surface area contributed by atoms with Crippen molar-refractivity contribution in [3.63, 3.8) is 0 Å². The van der Waals surface area contributed by atoms with Crippen molar-refractivity contribution in [3.8, 4) is 0 Å². The molecule has 3 rings (SSSR count). The van der Waals surface area contributed by atoms with Crippen LogP contribution < -0.4 is 5.73 Å². The Balaban J connectivity index is 1.62. The number of benzene rings is 1. The molecule has 1 aromatic carbocycles. The molecule has 8 nitrogen and oxygen atoms in total. The summed E-state index contributed by atoms with van der Waals surface area (Å²) in [7, 11) is 0. The molecule has 0 spiro atoms. The molecule has 1 amide bonds. The number of aromatic nitrogens is 2. The lowest BCUT2D eigenvalue weighted by molar-refractivity contribution is -0.123. The highest BCUT2D eigenvalue weighted by atomic mass is 19.1. The summed E-state index contributed by atoms with van der Waals surface area (Å²) in [6.07, 6.45) is 0.658. The number of hydrogen-bond acceptors (Lipinski definition) is 7. The van der Waals surface area contributed by atoms with E-state index in [9.17, 15) is 9.18 Å². The number of halogens is 1. The second-order valence-corrected chi connectivity index (χ2v) is 7.17. The van der Waals surface area contributed by atoms with E-state index in [0.717, 1.165) is 26.1 Å². The summed E-state index contributed by atoms with van der Waals surface area (Å²) in [6, 6.07) is 5.37. The molecule has 1 aliphatic heterocycles. The van der Waals surface area contributed by atoms with Gasteiger partial charge in [-0.05, 0) is 44.5 Å². The number of amides is 1. The van der Waals surface area contributed by atoms with E-state index in [1.807, 2.05) is 18.7 Å². The molecule has 2 atom stereocenters. The zero-order valence-corrected chi connectivity index (χ0v) is 16.9. The quantitative estimate of drug-likeness (QED) is 0.718. The van der Waals surface area contributed by atoms with Gasteiger partial charge in [-0.2, -0.15) is 4.98 Å². The van der Waals surface area contributed by atoms with Crippen molar-refractivity contribution in [2.24, 2.45) is 5.73 Å². The van der Waals surface area contributed by atoms with Crippen LogP contribution in [0.4, 0.5) is 4.39 Å². The molecule has 0 radical (unpaired) electrons. The van der Waals surface area contributed by atoms with Crippen LogP contribution in [0.5, 0.6) is 0 Å². The summed E-state index contributed by atoms with van der Waals surface area (Å²) >= 11 is 0. The molecule has 0 bridgehead atoms. The second-order valence-electron chi connectivity index (χ2n) is 7.17. The first-order valence-electron chi connectivity index (χ1n) is 9.93. The Kier molecular flexibility index (Phi) is 7.29. The number of carbonyl (C=O) groups excluding carboxylic acids is 1. The summed E-state index contributed by atoms with van der Waals surface area (Å²) in [5.41, 5.74) is 6.38. The van der Waals surface area contributed by atoms with Crippen LogP contribution in [0.2, 0.25) is 0 Å². The lowest BCUT2D eigenvalue weighted by Gasteiger charge is -2.28. The highest BCUT2D eigenvalue weighted by molar-refractivity contribution is 5.81. The van der Waals surface area contributed by atoms with Crippen LogP contribution in [0, 0.1) is 5.82 Å². The van der Waals surface area contributed by atoms with Crippen molar-refractivity contribution >= 4 is 5.91 Å². The number of rotatable bonds is 8. The average Bonchev–Trinajstić information content (AvgIpc) is 3.04. The number of primary amides is 1. The molecule has 1 fully saturated rings. The van der Waals surface area contributed by atoms with Crippen LogP contribution in [0.25, 0.3) is 0 Å². The van der Waals surface area contributed by atoms with E-state index < -0.39 is 11.9 Å². The maximum atomic E-state index is 13.2. The second kappa shape index (κ2) is 9.91. The molecule has 9 heteroatoms. The summed E-state index contributed by atoms with van der Waals surface area (Å²) in [5, 5.41) is 4.00. The van der Waals surface area contributed by atoms with Crippen molar-refractivity contribution in [1.82, 2.24) is 19.9 Å². The van der Waals surface area contributed by atoms with Gasteiger partial charge in [0, 0.05) is 26.2 Å². The van der Waals surface area contributed by atoms with Crippen LogP contribution in [0.3, 0.4) is 0 Å². The third kappa shape index (κ3) is 5.59.